The van der Waals surface area contributed by atoms with E-state index in [1.165, 1.54) is 0 Å². The molecule has 1 aromatic carbocycles. The van der Waals surface area contributed by atoms with Crippen molar-refractivity contribution in [2.45, 2.75) is 0 Å². The minimum atomic E-state index is 0. The van der Waals surface area contributed by atoms with Crippen LogP contribution in [0.3, 0.4) is 0 Å². The minimum absolute atomic E-state index is 0. The van der Waals surface area contributed by atoms with Crippen LogP contribution in [0.15, 0.2) is 24.3 Å². The second-order valence-electron chi connectivity index (χ2n) is 1.67. The number of hydrogen-bond donors (Lipinski definition) is 3. The summed E-state index contributed by atoms with van der Waals surface area (Å²) >= 11 is 0. The molecule has 3 heteroatoms. The lowest BCUT2D eigenvalue weighted by Gasteiger charge is -1.90. The van der Waals surface area contributed by atoms with Crippen molar-refractivity contribution >= 4 is 11.4 Å². The van der Waals surface area contributed by atoms with Gasteiger partial charge in [-0.25, -0.2) is 0 Å². The van der Waals surface area contributed by atoms with E-state index in [2.05, 4.69) is 0 Å². The Morgan fingerprint density at radius 1 is 0.778 bits per heavy atom. The van der Waals surface area contributed by atoms with E-state index in [1.54, 1.807) is 24.3 Å². The zero-order valence-electron chi connectivity index (χ0n) is 5.17. The van der Waals surface area contributed by atoms with Crippen molar-refractivity contribution in [2.24, 2.45) is 0 Å². The molecule has 0 unspecified atom stereocenters. The lowest BCUT2D eigenvalue weighted by molar-refractivity contribution is 1.67. The van der Waals surface area contributed by atoms with Crippen molar-refractivity contribution in [3.05, 3.63) is 24.3 Å². The van der Waals surface area contributed by atoms with E-state index in [0.29, 0.717) is 0 Å². The summed E-state index contributed by atoms with van der Waals surface area (Å²) in [4.78, 5) is 0. The van der Waals surface area contributed by atoms with Crippen molar-refractivity contribution in [1.29, 1.82) is 0 Å². The van der Waals surface area contributed by atoms with Crippen LogP contribution in [-0.4, -0.2) is 0 Å². The summed E-state index contributed by atoms with van der Waals surface area (Å²) in [5.41, 5.74) is 12.2. The van der Waals surface area contributed by atoms with E-state index in [0.717, 1.165) is 11.4 Å². The molecule has 0 saturated heterocycles. The van der Waals surface area contributed by atoms with Gasteiger partial charge in [-0.3, -0.25) is 0 Å². The van der Waals surface area contributed by atoms with Crippen LogP contribution in [0, 0.1) is 0 Å². The van der Waals surface area contributed by atoms with Gasteiger partial charge in [-0.2, -0.15) is 0 Å². The van der Waals surface area contributed by atoms with Gasteiger partial charge in [0.15, 0.2) is 0 Å². The number of hydrogen-bond acceptors (Lipinski definition) is 3. The van der Waals surface area contributed by atoms with Gasteiger partial charge in [0.2, 0.25) is 0 Å². The van der Waals surface area contributed by atoms with Gasteiger partial charge in [0.25, 0.3) is 0 Å². The van der Waals surface area contributed by atoms with Gasteiger partial charge >= 0.3 is 0 Å². The predicted octanol–water partition coefficient (Wildman–Crippen LogP) is 1.01. The van der Waals surface area contributed by atoms with Gasteiger partial charge in [-0.15, -0.1) is 0 Å². The summed E-state index contributed by atoms with van der Waals surface area (Å²) in [5, 5.41) is 0. The maximum Gasteiger partial charge on any atom is 0.0315 e. The molecule has 0 fully saturated rings. The molecule has 0 aliphatic heterocycles. The first-order valence-electron chi connectivity index (χ1n) is 2.40. The topological polar surface area (TPSA) is 87.0 Å². The summed E-state index contributed by atoms with van der Waals surface area (Å²) in [5.74, 6) is 0. The third-order valence-corrected chi connectivity index (χ3v) is 0.936. The molecule has 0 heterocycles. The summed E-state index contributed by atoms with van der Waals surface area (Å²) in [7, 11) is 0. The zero-order chi connectivity index (χ0) is 5.98. The van der Waals surface area contributed by atoms with E-state index in [1.807, 2.05) is 0 Å². The van der Waals surface area contributed by atoms with E-state index in [9.17, 15) is 0 Å². The average molecular weight is 125 g/mol. The van der Waals surface area contributed by atoms with Crippen LogP contribution in [0.5, 0.6) is 0 Å². The smallest absolute Gasteiger partial charge is 0.0315 e. The monoisotopic (exact) mass is 125 g/mol. The molecular formula is C6H11N3. The summed E-state index contributed by atoms with van der Waals surface area (Å²) in [6.45, 7) is 0. The van der Waals surface area contributed by atoms with Gasteiger partial charge < -0.3 is 17.6 Å². The van der Waals surface area contributed by atoms with Gasteiger partial charge in [0, 0.05) is 11.4 Å². The molecule has 9 heavy (non-hydrogen) atoms. The van der Waals surface area contributed by atoms with Crippen LogP contribution in [0.2, 0.25) is 0 Å². The van der Waals surface area contributed by atoms with Crippen LogP contribution in [0.1, 0.15) is 0 Å². The molecule has 3 nitrogen and oxygen atoms in total. The van der Waals surface area contributed by atoms with Crippen molar-refractivity contribution in [3.63, 3.8) is 0 Å². The molecule has 0 atom stereocenters. The molecular weight excluding hydrogens is 114 g/mol. The molecule has 0 spiro atoms. The van der Waals surface area contributed by atoms with E-state index < -0.39 is 0 Å². The third kappa shape index (κ3) is 2.01. The van der Waals surface area contributed by atoms with Crippen LogP contribution >= 0.6 is 0 Å². The van der Waals surface area contributed by atoms with Gasteiger partial charge in [-0.05, 0) is 24.3 Å². The predicted molar refractivity (Wildman–Crippen MR) is 40.3 cm³/mol. The molecule has 0 saturated carbocycles. The van der Waals surface area contributed by atoms with Crippen molar-refractivity contribution < 1.29 is 0 Å². The van der Waals surface area contributed by atoms with Crippen molar-refractivity contribution in [3.8, 4) is 0 Å². The van der Waals surface area contributed by atoms with Gasteiger partial charge in [0.1, 0.15) is 0 Å². The first-order chi connectivity index (χ1) is 3.79. The fraction of sp³-hybridized carbons (Fsp3) is 0. The average Bonchev–Trinajstić information content (AvgIpc) is 1.77. The molecule has 1 aromatic rings. The zero-order valence-corrected chi connectivity index (χ0v) is 5.17. The normalized spacial score (nSPS) is 8.00. The Morgan fingerprint density at radius 2 is 1.00 bits per heavy atom. The fourth-order valence-corrected chi connectivity index (χ4v) is 0.496. The lowest BCUT2D eigenvalue weighted by atomic mass is 10.3. The Kier molecular flexibility index (Phi) is 2.54. The van der Waals surface area contributed by atoms with Crippen molar-refractivity contribution in [1.82, 2.24) is 6.15 Å². The van der Waals surface area contributed by atoms with Crippen LogP contribution < -0.4 is 17.6 Å². The quantitative estimate of drug-likeness (QED) is 0.452. The number of nitrogens with two attached hydrogens (primary N) is 2. The highest BCUT2D eigenvalue weighted by atomic mass is 14.6. The highest BCUT2D eigenvalue weighted by Gasteiger charge is 1.80. The molecule has 0 bridgehead atoms. The molecule has 0 aromatic heterocycles. The SMILES string of the molecule is N.Nc1ccc(N)cc1. The highest BCUT2D eigenvalue weighted by Crippen LogP contribution is 2.04. The maximum atomic E-state index is 5.37. The molecule has 50 valence electrons. The highest BCUT2D eigenvalue weighted by molar-refractivity contribution is 5.47. The van der Waals surface area contributed by atoms with Crippen molar-refractivity contribution in [2.75, 3.05) is 11.5 Å². The third-order valence-electron chi connectivity index (χ3n) is 0.936. The Hall–Kier alpha value is -1.22. The van der Waals surface area contributed by atoms with E-state index in [-0.39, 0.29) is 6.15 Å². The Morgan fingerprint density at radius 3 is 1.22 bits per heavy atom. The molecule has 0 amide bonds. The largest absolute Gasteiger partial charge is 0.399 e. The van der Waals surface area contributed by atoms with Gasteiger partial charge in [0.05, 0.1) is 0 Å². The molecule has 0 radical (unpaired) electrons. The molecule has 0 aliphatic carbocycles. The Balaban J connectivity index is 0.000000640. The van der Waals surface area contributed by atoms with E-state index >= 15 is 0 Å². The Labute approximate surface area is 54.2 Å². The lowest BCUT2D eigenvalue weighted by Crippen LogP contribution is -1.86. The number of nitrogen functional groups attached to an aromatic ring is 2. The summed E-state index contributed by atoms with van der Waals surface area (Å²) < 4.78 is 0. The van der Waals surface area contributed by atoms with Gasteiger partial charge in [-0.1, -0.05) is 0 Å². The first-order valence-corrected chi connectivity index (χ1v) is 2.40. The minimum Gasteiger partial charge on any atom is -0.399 e. The fourth-order valence-electron chi connectivity index (χ4n) is 0.496. The Bertz CT molecular complexity index is 147. The number of benzene rings is 1. The second-order valence-corrected chi connectivity index (χ2v) is 1.67. The molecule has 1 rings (SSSR count). The summed E-state index contributed by atoms with van der Waals surface area (Å²) in [6.07, 6.45) is 0. The first kappa shape index (κ1) is 7.78. The molecule has 7 N–H and O–H groups in total. The molecule has 0 aliphatic rings. The van der Waals surface area contributed by atoms with Crippen LogP contribution in [0.25, 0.3) is 0 Å². The standard InChI is InChI=1S/C6H8N2.H3N/c7-5-1-2-6(8)4-3-5;/h1-4H,7-8H2;1H3. The number of rotatable bonds is 0. The van der Waals surface area contributed by atoms with Crippen LogP contribution in [-0.2, 0) is 0 Å². The maximum absolute atomic E-state index is 5.37. The second kappa shape index (κ2) is 2.94. The summed E-state index contributed by atoms with van der Waals surface area (Å²) in [6, 6.07) is 7.09. The number of anilines is 2. The van der Waals surface area contributed by atoms with Crippen LogP contribution in [0.4, 0.5) is 11.4 Å². The van der Waals surface area contributed by atoms with E-state index in [4.69, 9.17) is 11.5 Å².